The molecule has 0 radical (unpaired) electrons. The van der Waals surface area contributed by atoms with Crippen molar-refractivity contribution >= 4 is 29.4 Å². The number of amides is 3. The van der Waals surface area contributed by atoms with Crippen LogP contribution < -0.4 is 5.32 Å². The molecule has 1 aliphatic rings. The van der Waals surface area contributed by atoms with Gasteiger partial charge in [0.2, 0.25) is 5.91 Å². The van der Waals surface area contributed by atoms with E-state index in [-0.39, 0.29) is 24.3 Å². The Hall–Kier alpha value is -3.52. The van der Waals surface area contributed by atoms with Crippen LogP contribution in [0.25, 0.3) is 0 Å². The van der Waals surface area contributed by atoms with Crippen LogP contribution in [0.15, 0.2) is 48.5 Å². The summed E-state index contributed by atoms with van der Waals surface area (Å²) in [6, 6.07) is 13.3. The number of nitrogens with zero attached hydrogens (tertiary/aromatic N) is 1. The number of fused-ring (bicyclic) bond motifs is 1. The van der Waals surface area contributed by atoms with E-state index in [2.05, 4.69) is 5.32 Å². The van der Waals surface area contributed by atoms with Gasteiger partial charge in [-0.05, 0) is 49.2 Å². The SMILES string of the molecule is COCCOC(=O)c1ccc(NC(=O)CCCCCN2C(=O)c3ccccc3C2=O)cc1. The minimum absolute atomic E-state index is 0.138. The molecule has 0 fully saturated rings. The molecule has 0 saturated carbocycles. The fraction of sp³-hybridized carbons (Fsp3) is 0.333. The molecule has 8 nitrogen and oxygen atoms in total. The smallest absolute Gasteiger partial charge is 0.338 e. The molecule has 0 spiro atoms. The zero-order chi connectivity index (χ0) is 22.9. The predicted molar refractivity (Wildman–Crippen MR) is 118 cm³/mol. The third-order valence-electron chi connectivity index (χ3n) is 5.09. The minimum atomic E-state index is -0.446. The summed E-state index contributed by atoms with van der Waals surface area (Å²) in [5, 5.41) is 2.79. The lowest BCUT2D eigenvalue weighted by atomic mass is 10.1. The number of anilines is 1. The summed E-state index contributed by atoms with van der Waals surface area (Å²) >= 11 is 0. The van der Waals surface area contributed by atoms with E-state index >= 15 is 0 Å². The van der Waals surface area contributed by atoms with Crippen molar-refractivity contribution in [2.75, 3.05) is 32.2 Å². The summed E-state index contributed by atoms with van der Waals surface area (Å²) in [4.78, 5) is 49.9. The van der Waals surface area contributed by atoms with Gasteiger partial charge in [0.1, 0.15) is 6.61 Å². The van der Waals surface area contributed by atoms with Crippen molar-refractivity contribution in [1.29, 1.82) is 0 Å². The van der Waals surface area contributed by atoms with Gasteiger partial charge in [0.15, 0.2) is 0 Å². The normalized spacial score (nSPS) is 12.6. The van der Waals surface area contributed by atoms with E-state index in [1.54, 1.807) is 48.5 Å². The van der Waals surface area contributed by atoms with Crippen molar-refractivity contribution in [3.05, 3.63) is 65.2 Å². The average molecular weight is 438 g/mol. The van der Waals surface area contributed by atoms with Crippen molar-refractivity contribution in [3.8, 4) is 0 Å². The highest BCUT2D eigenvalue weighted by Gasteiger charge is 2.34. The van der Waals surface area contributed by atoms with Crippen LogP contribution in [0.5, 0.6) is 0 Å². The summed E-state index contributed by atoms with van der Waals surface area (Å²) in [6.45, 7) is 0.856. The Balaban J connectivity index is 1.35. The number of unbranched alkanes of at least 4 members (excludes halogenated alkanes) is 2. The quantitative estimate of drug-likeness (QED) is 0.328. The van der Waals surface area contributed by atoms with E-state index in [0.29, 0.717) is 61.2 Å². The second-order valence-corrected chi connectivity index (χ2v) is 7.37. The molecule has 3 rings (SSSR count). The Morgan fingerprint density at radius 2 is 1.53 bits per heavy atom. The largest absolute Gasteiger partial charge is 0.460 e. The highest BCUT2D eigenvalue weighted by atomic mass is 16.6. The van der Waals surface area contributed by atoms with Gasteiger partial charge in [-0.25, -0.2) is 4.79 Å². The molecule has 168 valence electrons. The van der Waals surface area contributed by atoms with Crippen LogP contribution in [0.3, 0.4) is 0 Å². The first-order valence-corrected chi connectivity index (χ1v) is 10.5. The Bertz CT molecular complexity index is 951. The molecule has 0 aromatic heterocycles. The number of methoxy groups -OCH3 is 1. The maximum Gasteiger partial charge on any atom is 0.338 e. The molecular weight excluding hydrogens is 412 g/mol. The van der Waals surface area contributed by atoms with Gasteiger partial charge in [0.25, 0.3) is 11.8 Å². The third kappa shape index (κ3) is 5.79. The van der Waals surface area contributed by atoms with Gasteiger partial charge < -0.3 is 14.8 Å². The topological polar surface area (TPSA) is 102 Å². The maximum atomic E-state index is 12.3. The fourth-order valence-corrected chi connectivity index (χ4v) is 3.39. The van der Waals surface area contributed by atoms with Crippen LogP contribution in [0.4, 0.5) is 5.69 Å². The van der Waals surface area contributed by atoms with Gasteiger partial charge in [-0.3, -0.25) is 19.3 Å². The molecule has 8 heteroatoms. The molecule has 1 aliphatic heterocycles. The number of hydrogen-bond acceptors (Lipinski definition) is 6. The predicted octanol–water partition coefficient (Wildman–Crippen LogP) is 3.28. The Kier molecular flexibility index (Phi) is 8.10. The summed E-state index contributed by atoms with van der Waals surface area (Å²) in [5.41, 5.74) is 1.89. The lowest BCUT2D eigenvalue weighted by molar-refractivity contribution is -0.116. The molecule has 0 aliphatic carbocycles. The van der Waals surface area contributed by atoms with Gasteiger partial charge in [-0.1, -0.05) is 18.6 Å². The number of carbonyl (C=O) groups is 4. The number of rotatable bonds is 11. The van der Waals surface area contributed by atoms with E-state index in [1.165, 1.54) is 12.0 Å². The molecule has 2 aromatic rings. The van der Waals surface area contributed by atoms with E-state index in [4.69, 9.17) is 9.47 Å². The summed E-state index contributed by atoms with van der Waals surface area (Å²) in [5.74, 6) is -1.09. The van der Waals surface area contributed by atoms with E-state index in [9.17, 15) is 19.2 Å². The second-order valence-electron chi connectivity index (χ2n) is 7.37. The van der Waals surface area contributed by atoms with Crippen molar-refractivity contribution in [1.82, 2.24) is 4.90 Å². The molecule has 2 aromatic carbocycles. The molecule has 0 saturated heterocycles. The number of benzene rings is 2. The zero-order valence-electron chi connectivity index (χ0n) is 18.0. The average Bonchev–Trinajstić information content (AvgIpc) is 3.04. The molecule has 32 heavy (non-hydrogen) atoms. The van der Waals surface area contributed by atoms with Crippen LogP contribution in [-0.2, 0) is 14.3 Å². The summed E-state index contributed by atoms with van der Waals surface area (Å²) in [7, 11) is 1.53. The fourth-order valence-electron chi connectivity index (χ4n) is 3.39. The number of ether oxygens (including phenoxy) is 2. The third-order valence-corrected chi connectivity index (χ3v) is 5.09. The van der Waals surface area contributed by atoms with Crippen LogP contribution >= 0.6 is 0 Å². The van der Waals surface area contributed by atoms with E-state index < -0.39 is 5.97 Å². The van der Waals surface area contributed by atoms with Gasteiger partial charge in [-0.15, -0.1) is 0 Å². The van der Waals surface area contributed by atoms with E-state index in [1.807, 2.05) is 0 Å². The Morgan fingerprint density at radius 1 is 0.875 bits per heavy atom. The second kappa shape index (κ2) is 11.2. The van der Waals surface area contributed by atoms with Gasteiger partial charge >= 0.3 is 5.97 Å². The molecule has 1 heterocycles. The van der Waals surface area contributed by atoms with Crippen molar-refractivity contribution in [2.24, 2.45) is 0 Å². The molecule has 0 unspecified atom stereocenters. The van der Waals surface area contributed by atoms with Crippen LogP contribution in [0, 0.1) is 0 Å². The maximum absolute atomic E-state index is 12.3. The number of nitrogens with one attached hydrogen (secondary N) is 1. The number of carbonyl (C=O) groups excluding carboxylic acids is 4. The van der Waals surface area contributed by atoms with Crippen molar-refractivity contribution in [2.45, 2.75) is 25.7 Å². The molecule has 0 atom stereocenters. The Morgan fingerprint density at radius 3 is 2.16 bits per heavy atom. The monoisotopic (exact) mass is 438 g/mol. The highest BCUT2D eigenvalue weighted by molar-refractivity contribution is 6.21. The summed E-state index contributed by atoms with van der Waals surface area (Å²) in [6.07, 6.45) is 2.31. The first-order chi connectivity index (χ1) is 15.5. The van der Waals surface area contributed by atoms with Gasteiger partial charge in [-0.2, -0.15) is 0 Å². The highest BCUT2D eigenvalue weighted by Crippen LogP contribution is 2.23. The molecule has 1 N–H and O–H groups in total. The summed E-state index contributed by atoms with van der Waals surface area (Å²) < 4.78 is 9.87. The standard InChI is InChI=1S/C24H26N2O6/c1-31-15-16-32-24(30)17-10-12-18(13-11-17)25-21(27)9-3-2-6-14-26-22(28)19-7-4-5-8-20(19)23(26)29/h4-5,7-8,10-13H,2-3,6,9,14-16H2,1H3,(H,25,27). The minimum Gasteiger partial charge on any atom is -0.460 e. The van der Waals surface area contributed by atoms with Gasteiger partial charge in [0, 0.05) is 25.8 Å². The number of esters is 1. The number of hydrogen-bond donors (Lipinski definition) is 1. The van der Waals surface area contributed by atoms with Crippen LogP contribution in [0.2, 0.25) is 0 Å². The van der Waals surface area contributed by atoms with E-state index in [0.717, 1.165) is 0 Å². The van der Waals surface area contributed by atoms with Crippen molar-refractivity contribution in [3.63, 3.8) is 0 Å². The zero-order valence-corrected chi connectivity index (χ0v) is 18.0. The first kappa shape index (κ1) is 23.1. The molecule has 3 amide bonds. The van der Waals surface area contributed by atoms with Crippen LogP contribution in [0.1, 0.15) is 56.8 Å². The molecular formula is C24H26N2O6. The lowest BCUT2D eigenvalue weighted by Gasteiger charge is -2.13. The first-order valence-electron chi connectivity index (χ1n) is 10.5. The molecule has 0 bridgehead atoms. The van der Waals surface area contributed by atoms with Gasteiger partial charge in [0.05, 0.1) is 23.3 Å². The lowest BCUT2D eigenvalue weighted by Crippen LogP contribution is -2.30. The van der Waals surface area contributed by atoms with Crippen LogP contribution in [-0.4, -0.2) is 55.5 Å². The number of imide groups is 1. The van der Waals surface area contributed by atoms with Crippen molar-refractivity contribution < 1.29 is 28.7 Å². The Labute approximate surface area is 186 Å².